The van der Waals surface area contributed by atoms with E-state index in [9.17, 15) is 9.59 Å². The third kappa shape index (κ3) is 5.66. The molecule has 0 radical (unpaired) electrons. The number of amides is 1. The summed E-state index contributed by atoms with van der Waals surface area (Å²) in [5, 5.41) is 15.9. The molecule has 13 heteroatoms. The molecule has 0 fully saturated rings. The maximum absolute atomic E-state index is 14.3. The van der Waals surface area contributed by atoms with E-state index in [-0.39, 0.29) is 28.2 Å². The topological polar surface area (TPSA) is 186 Å². The molecule has 0 aliphatic rings. The lowest BCUT2D eigenvalue weighted by Crippen LogP contribution is -2.29. The Hall–Kier alpha value is -5.20. The van der Waals surface area contributed by atoms with E-state index in [1.807, 2.05) is 49.4 Å². The highest BCUT2D eigenvalue weighted by atomic mass is 35.5. The van der Waals surface area contributed by atoms with E-state index in [0.29, 0.717) is 46.6 Å². The van der Waals surface area contributed by atoms with Crippen molar-refractivity contribution in [3.8, 4) is 5.69 Å². The van der Waals surface area contributed by atoms with E-state index >= 15 is 0 Å². The molecule has 0 aliphatic carbocycles. The quantitative estimate of drug-likeness (QED) is 0.108. The van der Waals surface area contributed by atoms with Gasteiger partial charge in [-0.3, -0.25) is 19.4 Å². The van der Waals surface area contributed by atoms with Crippen LogP contribution in [0.4, 0.5) is 23.3 Å². The van der Waals surface area contributed by atoms with Crippen LogP contribution in [0.25, 0.3) is 16.6 Å². The molecule has 2 heterocycles. The van der Waals surface area contributed by atoms with Crippen molar-refractivity contribution in [2.45, 2.75) is 25.9 Å². The number of hydroxylamine groups is 1. The molecule has 3 aromatic carbocycles. The number of rotatable bonds is 9. The first-order chi connectivity index (χ1) is 20.3. The monoisotopic (exact) mass is 585 g/mol. The zero-order valence-electron chi connectivity index (χ0n) is 22.5. The third-order valence-electron chi connectivity index (χ3n) is 6.66. The summed E-state index contributed by atoms with van der Waals surface area (Å²) in [6.45, 7) is 2.32. The van der Waals surface area contributed by atoms with E-state index < -0.39 is 11.9 Å². The van der Waals surface area contributed by atoms with Gasteiger partial charge >= 0.3 is 0 Å². The molecule has 1 atom stereocenters. The first-order valence-corrected chi connectivity index (χ1v) is 13.4. The van der Waals surface area contributed by atoms with Gasteiger partial charge < -0.3 is 22.1 Å². The molecule has 0 saturated heterocycles. The summed E-state index contributed by atoms with van der Waals surface area (Å²) in [5.41, 5.74) is 16.0. The van der Waals surface area contributed by atoms with Crippen molar-refractivity contribution in [3.05, 3.63) is 105 Å². The molecule has 0 unspecified atom stereocenters. The fourth-order valence-corrected chi connectivity index (χ4v) is 4.72. The molecular formula is C29H28ClN9O3. The van der Waals surface area contributed by atoms with Crippen molar-refractivity contribution < 1.29 is 10.0 Å². The minimum atomic E-state index is -0.597. The Morgan fingerprint density at radius 2 is 1.74 bits per heavy atom. The van der Waals surface area contributed by atoms with E-state index in [1.165, 1.54) is 0 Å². The van der Waals surface area contributed by atoms with Crippen molar-refractivity contribution >= 4 is 51.7 Å². The Labute approximate surface area is 245 Å². The van der Waals surface area contributed by atoms with Crippen LogP contribution in [0.2, 0.25) is 5.02 Å². The predicted octanol–water partition coefficient (Wildman–Crippen LogP) is 4.29. The lowest BCUT2D eigenvalue weighted by molar-refractivity contribution is 0.0706. The Morgan fingerprint density at radius 3 is 2.43 bits per heavy atom. The number of para-hydroxylation sites is 1. The van der Waals surface area contributed by atoms with E-state index in [1.54, 1.807) is 40.4 Å². The van der Waals surface area contributed by atoms with E-state index in [0.717, 1.165) is 5.56 Å². The zero-order valence-corrected chi connectivity index (χ0v) is 23.3. The molecule has 5 aromatic rings. The lowest BCUT2D eigenvalue weighted by Gasteiger charge is -2.23. The second kappa shape index (κ2) is 12.1. The minimum Gasteiger partial charge on any atom is -0.382 e. The van der Waals surface area contributed by atoms with Gasteiger partial charge in [0.2, 0.25) is 5.95 Å². The summed E-state index contributed by atoms with van der Waals surface area (Å²) >= 11 is 6.38. The van der Waals surface area contributed by atoms with E-state index in [4.69, 9.17) is 33.3 Å². The molecule has 8 N–H and O–H groups in total. The second-order valence-electron chi connectivity index (χ2n) is 9.37. The van der Waals surface area contributed by atoms with Crippen LogP contribution in [0, 0.1) is 0 Å². The largest absolute Gasteiger partial charge is 0.382 e. The summed E-state index contributed by atoms with van der Waals surface area (Å²) in [5.74, 6) is 0.0858. The van der Waals surface area contributed by atoms with Gasteiger partial charge in [-0.25, -0.2) is 10.5 Å². The van der Waals surface area contributed by atoms with Gasteiger partial charge in [-0.15, -0.1) is 0 Å². The van der Waals surface area contributed by atoms with Gasteiger partial charge in [0.15, 0.2) is 5.82 Å². The van der Waals surface area contributed by atoms with Gasteiger partial charge in [-0.05, 0) is 48.4 Å². The van der Waals surface area contributed by atoms with E-state index in [2.05, 4.69) is 20.6 Å². The second-order valence-corrected chi connectivity index (χ2v) is 9.75. The Bertz CT molecular complexity index is 1810. The van der Waals surface area contributed by atoms with Gasteiger partial charge in [0.1, 0.15) is 16.7 Å². The van der Waals surface area contributed by atoms with Crippen molar-refractivity contribution in [2.75, 3.05) is 22.1 Å². The standard InChI is InChI=1S/C29H28ClN9O3/c1-2-19(34-25-23(30)24(31)36-29(32)37-25)26-35-21-10-6-9-20(22(21)28(41)39(26)18-7-4-3-5-8-18)33-15-16-11-13-17(14-12-16)27(40)38-42/h3-14,19,33,42H,2,15H2,1H3,(H,38,40)(H5,31,32,34,36,37)/t19-/m0/s1. The van der Waals surface area contributed by atoms with Gasteiger partial charge in [-0.1, -0.05) is 54.9 Å². The normalized spacial score (nSPS) is 11.7. The molecular weight excluding hydrogens is 558 g/mol. The molecule has 0 spiro atoms. The average Bonchev–Trinajstić information content (AvgIpc) is 3.01. The minimum absolute atomic E-state index is 0.0375. The fraction of sp³-hybridized carbons (Fsp3) is 0.138. The van der Waals surface area contributed by atoms with Gasteiger partial charge in [0.25, 0.3) is 11.5 Å². The molecule has 1 amide bonds. The number of nitrogen functional groups attached to an aromatic ring is 2. The first kappa shape index (κ1) is 28.3. The van der Waals surface area contributed by atoms with Crippen LogP contribution in [0.3, 0.4) is 0 Å². The summed E-state index contributed by atoms with van der Waals surface area (Å²) in [6.07, 6.45) is 0.521. The molecule has 5 rings (SSSR count). The van der Waals surface area contributed by atoms with Crippen LogP contribution in [0.1, 0.15) is 41.1 Å². The highest BCUT2D eigenvalue weighted by Gasteiger charge is 2.23. The number of benzene rings is 3. The number of aromatic nitrogens is 4. The molecule has 0 saturated carbocycles. The lowest BCUT2D eigenvalue weighted by atomic mass is 10.1. The van der Waals surface area contributed by atoms with Crippen LogP contribution in [-0.2, 0) is 6.54 Å². The summed E-state index contributed by atoms with van der Waals surface area (Å²) in [7, 11) is 0. The molecule has 0 aliphatic heterocycles. The number of hydrogen-bond acceptors (Lipinski definition) is 10. The van der Waals surface area contributed by atoms with Crippen molar-refractivity contribution in [1.29, 1.82) is 0 Å². The van der Waals surface area contributed by atoms with Crippen LogP contribution < -0.4 is 33.1 Å². The van der Waals surface area contributed by atoms with Gasteiger partial charge in [0.05, 0.1) is 22.6 Å². The number of carbonyl (C=O) groups is 1. The smallest absolute Gasteiger partial charge is 0.274 e. The summed E-state index contributed by atoms with van der Waals surface area (Å²) in [4.78, 5) is 39.0. The highest BCUT2D eigenvalue weighted by Crippen LogP contribution is 2.31. The van der Waals surface area contributed by atoms with Crippen LogP contribution >= 0.6 is 11.6 Å². The zero-order chi connectivity index (χ0) is 29.8. The number of hydrogen-bond donors (Lipinski definition) is 6. The van der Waals surface area contributed by atoms with Crippen LogP contribution in [-0.4, -0.2) is 30.6 Å². The maximum Gasteiger partial charge on any atom is 0.274 e. The Balaban J connectivity index is 1.59. The molecule has 214 valence electrons. The number of halogens is 1. The van der Waals surface area contributed by atoms with Crippen molar-refractivity contribution in [2.24, 2.45) is 0 Å². The number of carbonyl (C=O) groups excluding carboxylic acids is 1. The van der Waals surface area contributed by atoms with Gasteiger partial charge in [-0.2, -0.15) is 9.97 Å². The number of nitrogens with zero attached hydrogens (tertiary/aromatic N) is 4. The third-order valence-corrected chi connectivity index (χ3v) is 7.04. The summed E-state index contributed by atoms with van der Waals surface area (Å²) in [6, 6.07) is 20.9. The molecule has 42 heavy (non-hydrogen) atoms. The van der Waals surface area contributed by atoms with Gasteiger partial charge in [0, 0.05) is 17.8 Å². The van der Waals surface area contributed by atoms with Crippen molar-refractivity contribution in [3.63, 3.8) is 0 Å². The number of nitrogens with two attached hydrogens (primary N) is 2. The van der Waals surface area contributed by atoms with Crippen LogP contribution in [0.15, 0.2) is 77.6 Å². The molecule has 0 bridgehead atoms. The molecule has 2 aromatic heterocycles. The SMILES string of the molecule is CC[C@H](Nc1nc(N)nc(N)c1Cl)c1nc2cccc(NCc3ccc(C(=O)NO)cc3)c2c(=O)n1-c1ccccc1. The average molecular weight is 586 g/mol. The number of nitrogens with one attached hydrogen (secondary N) is 3. The predicted molar refractivity (Wildman–Crippen MR) is 163 cm³/mol. The molecule has 12 nitrogen and oxygen atoms in total. The van der Waals surface area contributed by atoms with Crippen LogP contribution in [0.5, 0.6) is 0 Å². The Kier molecular flexibility index (Phi) is 8.18. The summed E-state index contributed by atoms with van der Waals surface area (Å²) < 4.78 is 1.57. The van der Waals surface area contributed by atoms with Crippen molar-refractivity contribution in [1.82, 2.24) is 25.0 Å². The Morgan fingerprint density at radius 1 is 1.00 bits per heavy atom. The highest BCUT2D eigenvalue weighted by molar-refractivity contribution is 6.35. The maximum atomic E-state index is 14.3. The first-order valence-electron chi connectivity index (χ1n) is 13.0. The fourth-order valence-electron chi connectivity index (χ4n) is 4.58. The number of fused-ring (bicyclic) bond motifs is 1. The number of anilines is 4.